The number of rotatable bonds is 2. The number of hydrogen-bond donors (Lipinski definition) is 1. The molecule has 1 aliphatic rings. The summed E-state index contributed by atoms with van der Waals surface area (Å²) in [4.78, 5) is 0. The first kappa shape index (κ1) is 13.1. The lowest BCUT2D eigenvalue weighted by Gasteiger charge is -2.15. The van der Waals surface area contributed by atoms with E-state index < -0.39 is 0 Å². The van der Waals surface area contributed by atoms with Crippen LogP contribution < -0.4 is 10.5 Å². The van der Waals surface area contributed by atoms with Gasteiger partial charge >= 0.3 is 0 Å². The molecule has 2 N–H and O–H groups in total. The molecule has 0 fully saturated rings. The number of nitrogens with two attached hydrogens (primary N) is 1. The van der Waals surface area contributed by atoms with Crippen molar-refractivity contribution in [1.82, 2.24) is 0 Å². The maximum absolute atomic E-state index is 13.9. The highest BCUT2D eigenvalue weighted by Crippen LogP contribution is 2.41. The fourth-order valence-electron chi connectivity index (χ4n) is 2.95. The summed E-state index contributed by atoms with van der Waals surface area (Å²) in [7, 11) is 0. The molecule has 1 atom stereocenters. The number of halogens is 1. The molecular weight excluding hydrogens is 253 g/mol. The van der Waals surface area contributed by atoms with Crippen molar-refractivity contribution in [3.8, 4) is 16.9 Å². The molecule has 0 amide bonds. The molecule has 3 heteroatoms. The van der Waals surface area contributed by atoms with E-state index in [4.69, 9.17) is 10.5 Å². The maximum atomic E-state index is 13.9. The van der Waals surface area contributed by atoms with Gasteiger partial charge in [0.2, 0.25) is 0 Å². The molecule has 0 bridgehead atoms. The second-order valence-corrected chi connectivity index (χ2v) is 5.39. The predicted molar refractivity (Wildman–Crippen MR) is 78.5 cm³/mol. The quantitative estimate of drug-likeness (QED) is 0.909. The molecule has 20 heavy (non-hydrogen) atoms. The maximum Gasteiger partial charge on any atom is 0.131 e. The summed E-state index contributed by atoms with van der Waals surface area (Å²) in [5, 5.41) is 0. The Morgan fingerprint density at radius 2 is 1.95 bits per heavy atom. The molecule has 0 spiro atoms. The predicted octanol–water partition coefficient (Wildman–Crippen LogP) is 3.37. The lowest BCUT2D eigenvalue weighted by molar-refractivity contribution is 0.242. The Morgan fingerprint density at radius 1 is 1.25 bits per heavy atom. The van der Waals surface area contributed by atoms with Crippen LogP contribution in [-0.4, -0.2) is 12.6 Å². The van der Waals surface area contributed by atoms with Crippen LogP contribution in [0, 0.1) is 19.7 Å². The first-order valence-corrected chi connectivity index (χ1v) is 6.86. The van der Waals surface area contributed by atoms with Gasteiger partial charge in [-0.25, -0.2) is 4.39 Å². The monoisotopic (exact) mass is 271 g/mol. The van der Waals surface area contributed by atoms with Gasteiger partial charge in [-0.05, 0) is 42.7 Å². The number of fused-ring (bicyclic) bond motifs is 1. The largest absolute Gasteiger partial charge is 0.488 e. The van der Waals surface area contributed by atoms with Crippen LogP contribution in [0.4, 0.5) is 4.39 Å². The number of hydrogen-bond acceptors (Lipinski definition) is 2. The highest BCUT2D eigenvalue weighted by atomic mass is 19.1. The Kier molecular flexibility index (Phi) is 3.22. The number of aryl methyl sites for hydroxylation is 2. The van der Waals surface area contributed by atoms with Crippen LogP contribution in [0.3, 0.4) is 0 Å². The summed E-state index contributed by atoms with van der Waals surface area (Å²) in [5.41, 5.74) is 10.7. The Balaban J connectivity index is 2.21. The molecule has 0 aliphatic carbocycles. The van der Waals surface area contributed by atoms with Crippen molar-refractivity contribution in [2.24, 2.45) is 5.73 Å². The lowest BCUT2D eigenvalue weighted by Crippen LogP contribution is -2.24. The van der Waals surface area contributed by atoms with Crippen LogP contribution in [0.2, 0.25) is 0 Å². The minimum Gasteiger partial charge on any atom is -0.488 e. The van der Waals surface area contributed by atoms with Crippen LogP contribution in [-0.2, 0) is 6.42 Å². The average Bonchev–Trinajstić information content (AvgIpc) is 2.81. The highest BCUT2D eigenvalue weighted by molar-refractivity contribution is 5.78. The van der Waals surface area contributed by atoms with Gasteiger partial charge in [-0.1, -0.05) is 18.2 Å². The molecule has 104 valence electrons. The van der Waals surface area contributed by atoms with Crippen molar-refractivity contribution < 1.29 is 9.13 Å². The molecule has 0 aromatic heterocycles. The molecule has 0 radical (unpaired) electrons. The van der Waals surface area contributed by atoms with E-state index >= 15 is 0 Å². The standard InChI is InChI=1S/C17H18FNO/c1-10-4-3-5-11(2)16(10)15-8-13(18)6-12-7-14(9-19)20-17(12)15/h3-6,8,14H,7,9,19H2,1-2H3. The van der Waals surface area contributed by atoms with E-state index in [0.29, 0.717) is 13.0 Å². The molecule has 3 rings (SSSR count). The van der Waals surface area contributed by atoms with Gasteiger partial charge in [0, 0.05) is 24.1 Å². The van der Waals surface area contributed by atoms with Crippen molar-refractivity contribution in [2.75, 3.05) is 6.54 Å². The van der Waals surface area contributed by atoms with Gasteiger partial charge < -0.3 is 10.5 Å². The van der Waals surface area contributed by atoms with Gasteiger partial charge in [-0.2, -0.15) is 0 Å². The zero-order valence-corrected chi connectivity index (χ0v) is 11.7. The average molecular weight is 271 g/mol. The molecule has 0 saturated heterocycles. The fourth-order valence-corrected chi connectivity index (χ4v) is 2.95. The lowest BCUT2D eigenvalue weighted by atomic mass is 9.93. The SMILES string of the molecule is Cc1cccc(C)c1-c1cc(F)cc2c1OC(CN)C2. The van der Waals surface area contributed by atoms with Crippen molar-refractivity contribution in [2.45, 2.75) is 26.4 Å². The van der Waals surface area contributed by atoms with E-state index in [1.807, 2.05) is 32.0 Å². The summed E-state index contributed by atoms with van der Waals surface area (Å²) in [6, 6.07) is 9.20. The molecule has 0 saturated carbocycles. The summed E-state index contributed by atoms with van der Waals surface area (Å²) in [6.45, 7) is 4.52. The van der Waals surface area contributed by atoms with Crippen molar-refractivity contribution in [3.05, 3.63) is 52.8 Å². The summed E-state index contributed by atoms with van der Waals surface area (Å²) >= 11 is 0. The zero-order chi connectivity index (χ0) is 14.3. The van der Waals surface area contributed by atoms with E-state index in [2.05, 4.69) is 0 Å². The van der Waals surface area contributed by atoms with Gasteiger partial charge in [-0.15, -0.1) is 0 Å². The van der Waals surface area contributed by atoms with E-state index in [1.54, 1.807) is 12.1 Å². The van der Waals surface area contributed by atoms with E-state index in [0.717, 1.165) is 33.6 Å². The first-order chi connectivity index (χ1) is 9.60. The molecule has 2 aromatic rings. The second kappa shape index (κ2) is 4.91. The third-order valence-electron chi connectivity index (χ3n) is 3.88. The van der Waals surface area contributed by atoms with Gasteiger partial charge in [0.05, 0.1) is 0 Å². The summed E-state index contributed by atoms with van der Waals surface area (Å²) in [6.07, 6.45) is 0.636. The summed E-state index contributed by atoms with van der Waals surface area (Å²) < 4.78 is 19.8. The number of ether oxygens (including phenoxy) is 1. The fraction of sp³-hybridized carbons (Fsp3) is 0.294. The Morgan fingerprint density at radius 3 is 2.60 bits per heavy atom. The molecule has 2 nitrogen and oxygen atoms in total. The van der Waals surface area contributed by atoms with Crippen LogP contribution >= 0.6 is 0 Å². The molecule has 1 unspecified atom stereocenters. The smallest absolute Gasteiger partial charge is 0.131 e. The van der Waals surface area contributed by atoms with Crippen molar-refractivity contribution in [1.29, 1.82) is 0 Å². The van der Waals surface area contributed by atoms with Crippen LogP contribution in [0.5, 0.6) is 5.75 Å². The van der Waals surface area contributed by atoms with E-state index in [-0.39, 0.29) is 11.9 Å². The minimum atomic E-state index is -0.220. The highest BCUT2D eigenvalue weighted by Gasteiger charge is 2.26. The third kappa shape index (κ3) is 2.08. The first-order valence-electron chi connectivity index (χ1n) is 6.86. The molecular formula is C17H18FNO. The Hall–Kier alpha value is -1.87. The molecule has 2 aromatic carbocycles. The topological polar surface area (TPSA) is 35.2 Å². The van der Waals surface area contributed by atoms with Crippen molar-refractivity contribution >= 4 is 0 Å². The van der Waals surface area contributed by atoms with E-state index in [9.17, 15) is 4.39 Å². The van der Waals surface area contributed by atoms with Crippen LogP contribution in [0.1, 0.15) is 16.7 Å². The zero-order valence-electron chi connectivity index (χ0n) is 11.7. The van der Waals surface area contributed by atoms with Crippen LogP contribution in [0.15, 0.2) is 30.3 Å². The van der Waals surface area contributed by atoms with Crippen LogP contribution in [0.25, 0.3) is 11.1 Å². The molecule has 1 aliphatic heterocycles. The van der Waals surface area contributed by atoms with Gasteiger partial charge in [0.15, 0.2) is 0 Å². The Labute approximate surface area is 118 Å². The van der Waals surface area contributed by atoms with Gasteiger partial charge in [-0.3, -0.25) is 0 Å². The van der Waals surface area contributed by atoms with Crippen molar-refractivity contribution in [3.63, 3.8) is 0 Å². The third-order valence-corrected chi connectivity index (χ3v) is 3.88. The Bertz CT molecular complexity index is 646. The van der Waals surface area contributed by atoms with E-state index in [1.165, 1.54) is 0 Å². The molecule has 1 heterocycles. The normalized spacial score (nSPS) is 16.9. The van der Waals surface area contributed by atoms with Gasteiger partial charge in [0.25, 0.3) is 0 Å². The minimum absolute atomic E-state index is 0.0464. The van der Waals surface area contributed by atoms with Gasteiger partial charge in [0.1, 0.15) is 17.7 Å². The summed E-state index contributed by atoms with van der Waals surface area (Å²) in [5.74, 6) is 0.571. The second-order valence-electron chi connectivity index (χ2n) is 5.39. The number of benzene rings is 2.